The number of ketones is 2. The molecule has 46 heavy (non-hydrogen) atoms. The van der Waals surface area contributed by atoms with Gasteiger partial charge in [-0.2, -0.15) is 8.42 Å². The number of nitrogen functional groups attached to an aromatic ring is 1. The van der Waals surface area contributed by atoms with Crippen LogP contribution in [0.2, 0.25) is 10.3 Å². The first-order valence-corrected chi connectivity index (χ1v) is 15.5. The fraction of sp³-hybridized carbons (Fsp3) is 0.0385. The first kappa shape index (κ1) is 38.0. The van der Waals surface area contributed by atoms with E-state index in [2.05, 4.69) is 20.5 Å². The van der Waals surface area contributed by atoms with Gasteiger partial charge >= 0.3 is 59.1 Å². The van der Waals surface area contributed by atoms with Gasteiger partial charge in [0.1, 0.15) is 15.0 Å². The van der Waals surface area contributed by atoms with Crippen LogP contribution in [0.5, 0.6) is 0 Å². The van der Waals surface area contributed by atoms with E-state index >= 15 is 0 Å². The number of carbonyl (C=O) groups is 2. The third-order valence-electron chi connectivity index (χ3n) is 6.56. The second kappa shape index (κ2) is 14.0. The van der Waals surface area contributed by atoms with Crippen molar-refractivity contribution in [1.29, 1.82) is 0 Å². The summed E-state index contributed by atoms with van der Waals surface area (Å²) in [5.74, 6) is -2.62. The number of nitrogens with zero attached hydrogens (tertiary/aromatic N) is 3. The average Bonchev–Trinajstić information content (AvgIpc) is 2.94. The molecule has 4 aromatic rings. The zero-order valence-electron chi connectivity index (χ0n) is 23.8. The number of hydrogen-bond acceptors (Lipinski definition) is 13. The van der Waals surface area contributed by atoms with Crippen LogP contribution in [0.3, 0.4) is 0 Å². The number of aromatic nitrogens is 2. The topological polar surface area (TPSA) is 245 Å². The van der Waals surface area contributed by atoms with Crippen molar-refractivity contribution in [3.05, 3.63) is 92.2 Å². The van der Waals surface area contributed by atoms with E-state index in [1.54, 1.807) is 0 Å². The Hall–Kier alpha value is -2.45. The molecule has 0 saturated heterocycles. The Kier molecular flexibility index (Phi) is 11.5. The molecule has 0 bridgehead atoms. The molecule has 0 amide bonds. The Morgan fingerprint density at radius 3 is 2.09 bits per heavy atom. The second-order valence-corrected chi connectivity index (χ2v) is 12.8. The maximum Gasteiger partial charge on any atom is 1.00 e. The molecule has 1 aliphatic carbocycles. The van der Waals surface area contributed by atoms with Crippen molar-refractivity contribution in [3.63, 3.8) is 0 Å². The molecular formula is C26H15Cl2N5Na2O9S2. The summed E-state index contributed by atoms with van der Waals surface area (Å²) in [7, 11) is -10.3. The third kappa shape index (κ3) is 7.18. The summed E-state index contributed by atoms with van der Waals surface area (Å²) in [5.41, 5.74) is 2.95. The Bertz CT molecular complexity index is 2220. The molecule has 0 saturated carbocycles. The summed E-state index contributed by atoms with van der Waals surface area (Å²) in [4.78, 5) is 29.1. The van der Waals surface area contributed by atoms with Gasteiger partial charge in [-0.15, -0.1) is 10.2 Å². The number of benzene rings is 3. The molecular weight excluding hydrogens is 707 g/mol. The molecule has 20 heteroatoms. The molecule has 4 N–H and O–H groups in total. The van der Waals surface area contributed by atoms with Crippen LogP contribution >= 0.6 is 23.2 Å². The van der Waals surface area contributed by atoms with Crippen LogP contribution < -0.4 is 75.3 Å². The number of halogens is 2. The molecule has 0 atom stereocenters. The van der Waals surface area contributed by atoms with Crippen LogP contribution in [-0.4, -0.2) is 53.6 Å². The number of nitrogens with two attached hydrogens (primary N) is 1. The van der Waals surface area contributed by atoms with Crippen LogP contribution in [-0.2, 0) is 20.2 Å². The zero-order chi connectivity index (χ0) is 32.3. The monoisotopic (exact) mass is 721 g/mol. The van der Waals surface area contributed by atoms with E-state index in [-0.39, 0.29) is 103 Å². The van der Waals surface area contributed by atoms with Gasteiger partial charge in [0.15, 0.2) is 21.9 Å². The molecule has 0 aliphatic heterocycles. The molecule has 0 spiro atoms. The molecule has 226 valence electrons. The van der Waals surface area contributed by atoms with Crippen molar-refractivity contribution in [1.82, 2.24) is 10.2 Å². The van der Waals surface area contributed by atoms with Gasteiger partial charge in [-0.25, -0.2) is 8.42 Å². The SMILES string of the molecule is Cc1c(N=C([O-])c2cc(Cl)nnc2Cl)cc(S(=O)(=O)[O-])cc1Nc1cc(S(=O)(=O)O)c(N)c2c1C(=O)c1ccccc1C2=O.[Na+].[Na+]. The van der Waals surface area contributed by atoms with Gasteiger partial charge in [-0.3, -0.25) is 19.1 Å². The van der Waals surface area contributed by atoms with Crippen molar-refractivity contribution in [2.45, 2.75) is 16.7 Å². The number of fused-ring (bicyclic) bond motifs is 2. The van der Waals surface area contributed by atoms with E-state index < -0.39 is 70.0 Å². The molecule has 0 radical (unpaired) electrons. The van der Waals surface area contributed by atoms with Gasteiger partial charge in [0.05, 0.1) is 33.1 Å². The fourth-order valence-electron chi connectivity index (χ4n) is 4.49. The quantitative estimate of drug-likeness (QED) is 0.0515. The Morgan fingerprint density at radius 1 is 0.935 bits per heavy atom. The average molecular weight is 722 g/mol. The van der Waals surface area contributed by atoms with Crippen molar-refractivity contribution in [2.75, 3.05) is 11.1 Å². The number of hydrogen-bond donors (Lipinski definition) is 3. The van der Waals surface area contributed by atoms with Crippen LogP contribution in [0.25, 0.3) is 0 Å². The van der Waals surface area contributed by atoms with E-state index in [4.69, 9.17) is 28.9 Å². The Labute approximate surface area is 315 Å². The third-order valence-corrected chi connectivity index (χ3v) is 8.73. The molecule has 0 fully saturated rings. The number of rotatable bonds is 6. The predicted molar refractivity (Wildman–Crippen MR) is 155 cm³/mol. The second-order valence-electron chi connectivity index (χ2n) is 9.25. The predicted octanol–water partition coefficient (Wildman–Crippen LogP) is -3.21. The fourth-order valence-corrected chi connectivity index (χ4v) is 5.97. The molecule has 1 aromatic heterocycles. The zero-order valence-corrected chi connectivity index (χ0v) is 31.0. The van der Waals surface area contributed by atoms with E-state index in [9.17, 15) is 40.6 Å². The normalized spacial score (nSPS) is 12.8. The minimum absolute atomic E-state index is 0. The molecule has 5 rings (SSSR count). The minimum Gasteiger partial charge on any atom is -0.858 e. The van der Waals surface area contributed by atoms with Crippen molar-refractivity contribution >= 4 is 83.7 Å². The van der Waals surface area contributed by atoms with Gasteiger partial charge in [0, 0.05) is 22.4 Å². The van der Waals surface area contributed by atoms with Crippen LogP contribution in [0.4, 0.5) is 22.7 Å². The largest absolute Gasteiger partial charge is 1.00 e. The van der Waals surface area contributed by atoms with Gasteiger partial charge in [-0.05, 0) is 42.7 Å². The Balaban J connectivity index is 0.00000288. The summed E-state index contributed by atoms with van der Waals surface area (Å²) in [6.07, 6.45) is 0. The molecule has 3 aromatic carbocycles. The number of carbonyl (C=O) groups excluding carboxylic acids is 2. The molecule has 0 unspecified atom stereocenters. The molecule has 14 nitrogen and oxygen atoms in total. The van der Waals surface area contributed by atoms with Gasteiger partial charge in [0.25, 0.3) is 10.1 Å². The van der Waals surface area contributed by atoms with Gasteiger partial charge in [0.2, 0.25) is 0 Å². The van der Waals surface area contributed by atoms with Crippen molar-refractivity contribution in [3.8, 4) is 0 Å². The summed E-state index contributed by atoms with van der Waals surface area (Å²) < 4.78 is 70.5. The Morgan fingerprint density at radius 2 is 1.52 bits per heavy atom. The van der Waals surface area contributed by atoms with Crippen LogP contribution in [0.1, 0.15) is 43.0 Å². The van der Waals surface area contributed by atoms with E-state index in [0.717, 1.165) is 24.3 Å². The number of nitrogens with one attached hydrogen (secondary N) is 1. The standard InChI is InChI=1S/C26H17Cl2N5O9S2.2Na/c1-10-15(6-11(43(37,38)39)7-16(10)31-26(36)14-8-19(27)32-33-25(14)28)30-17-9-18(44(40,41)42)22(29)21-20(17)23(34)12-4-2-3-5-13(12)24(21)35;;/h2-9,30H,29H2,1H3,(H,31,36)(H,37,38,39)(H,40,41,42);;/q;2*+1/p-2. The maximum absolute atomic E-state index is 13.6. The van der Waals surface area contributed by atoms with E-state index in [1.807, 2.05) is 0 Å². The summed E-state index contributed by atoms with van der Waals surface area (Å²) >= 11 is 11.7. The van der Waals surface area contributed by atoms with E-state index in [1.165, 1.54) is 31.2 Å². The number of anilines is 3. The van der Waals surface area contributed by atoms with Gasteiger partial charge in [-0.1, -0.05) is 47.5 Å². The smallest absolute Gasteiger partial charge is 0.858 e. The van der Waals surface area contributed by atoms with Crippen molar-refractivity contribution < 1.29 is 99.8 Å². The van der Waals surface area contributed by atoms with Crippen molar-refractivity contribution in [2.24, 2.45) is 4.99 Å². The number of aliphatic imine (C=N–C) groups is 1. The minimum atomic E-state index is -5.19. The summed E-state index contributed by atoms with van der Waals surface area (Å²) in [5, 5.41) is 22.0. The van der Waals surface area contributed by atoms with Crippen LogP contribution in [0.15, 0.2) is 63.3 Å². The van der Waals surface area contributed by atoms with Crippen LogP contribution in [0, 0.1) is 6.92 Å². The first-order chi connectivity index (χ1) is 20.5. The summed E-state index contributed by atoms with van der Waals surface area (Å²) in [6, 6.07) is 9.14. The molecule has 1 heterocycles. The van der Waals surface area contributed by atoms with Gasteiger partial charge < -0.3 is 20.7 Å². The first-order valence-electron chi connectivity index (χ1n) is 11.9. The molecule has 1 aliphatic rings. The van der Waals surface area contributed by atoms with E-state index in [0.29, 0.717) is 0 Å². The summed E-state index contributed by atoms with van der Waals surface area (Å²) in [6.45, 7) is 1.35. The maximum atomic E-state index is 13.6.